The maximum atomic E-state index is 5.30. The Morgan fingerprint density at radius 2 is 2.60 bits per heavy atom. The number of nitrogens with zero attached hydrogens (tertiary/aromatic N) is 2. The summed E-state index contributed by atoms with van der Waals surface area (Å²) in [6, 6.07) is 0. The van der Waals surface area contributed by atoms with Crippen LogP contribution in [0.25, 0.3) is 0 Å². The van der Waals surface area contributed by atoms with E-state index in [4.69, 9.17) is 5.73 Å². The third-order valence-corrected chi connectivity index (χ3v) is 1.27. The molecule has 0 aromatic carbocycles. The molecule has 2 N–H and O–H groups in total. The molecule has 0 unspecified atom stereocenters. The zero-order chi connectivity index (χ0) is 7.40. The van der Waals surface area contributed by atoms with Crippen LogP contribution in [0.3, 0.4) is 0 Å². The van der Waals surface area contributed by atoms with Gasteiger partial charge in [-0.3, -0.25) is 4.52 Å². The molecule has 56 valence electrons. The van der Waals surface area contributed by atoms with Crippen LogP contribution in [0.2, 0.25) is 0 Å². The Balaban J connectivity index is 2.42. The highest BCUT2D eigenvalue weighted by Crippen LogP contribution is 1.91. The molecule has 0 amide bonds. The van der Waals surface area contributed by atoms with Crippen molar-refractivity contribution in [3.63, 3.8) is 0 Å². The van der Waals surface area contributed by atoms with E-state index >= 15 is 0 Å². The fourth-order valence-electron chi connectivity index (χ4n) is 0.719. The van der Waals surface area contributed by atoms with E-state index in [0.717, 1.165) is 19.4 Å². The predicted molar refractivity (Wildman–Crippen MR) is 36.0 cm³/mol. The molecule has 4 nitrogen and oxygen atoms in total. The van der Waals surface area contributed by atoms with Gasteiger partial charge in [0.1, 0.15) is 0 Å². The van der Waals surface area contributed by atoms with Crippen LogP contribution in [0.1, 0.15) is 19.8 Å². The first-order chi connectivity index (χ1) is 4.83. The van der Waals surface area contributed by atoms with Crippen molar-refractivity contribution in [1.29, 1.82) is 0 Å². The Morgan fingerprint density at radius 3 is 3.10 bits per heavy atom. The number of unbranched alkanes of at least 4 members (excludes halogenated alkanes) is 1. The first-order valence-corrected chi connectivity index (χ1v) is 3.45. The molecule has 1 aromatic heterocycles. The largest absolute Gasteiger partial charge is 0.362 e. The summed E-state index contributed by atoms with van der Waals surface area (Å²) in [6.45, 7) is 3.02. The molecule has 0 fully saturated rings. The van der Waals surface area contributed by atoms with Crippen molar-refractivity contribution >= 4 is 5.88 Å². The molecule has 4 heteroatoms. The van der Waals surface area contributed by atoms with Crippen molar-refractivity contribution in [3.8, 4) is 0 Å². The van der Waals surface area contributed by atoms with Crippen LogP contribution in [0.4, 0.5) is 5.88 Å². The fraction of sp³-hybridized carbons (Fsp3) is 0.667. The van der Waals surface area contributed by atoms with Crippen LogP contribution in [0.15, 0.2) is 10.7 Å². The number of hydrogen-bond acceptors (Lipinski definition) is 3. The van der Waals surface area contributed by atoms with Gasteiger partial charge in [0.15, 0.2) is 6.54 Å². The molecule has 10 heavy (non-hydrogen) atoms. The highest BCUT2D eigenvalue weighted by Gasteiger charge is 2.05. The summed E-state index contributed by atoms with van der Waals surface area (Å²) < 4.78 is 6.36. The van der Waals surface area contributed by atoms with Crippen molar-refractivity contribution in [2.24, 2.45) is 0 Å². The topological polar surface area (TPSA) is 55.9 Å². The molecule has 0 spiro atoms. The molecule has 0 aliphatic rings. The van der Waals surface area contributed by atoms with Crippen LogP contribution in [0, 0.1) is 0 Å². The van der Waals surface area contributed by atoms with E-state index in [1.807, 2.05) is 0 Å². The van der Waals surface area contributed by atoms with E-state index in [-0.39, 0.29) is 0 Å². The van der Waals surface area contributed by atoms with E-state index in [9.17, 15) is 0 Å². The maximum Gasteiger partial charge on any atom is 0.293 e. The molecule has 0 aliphatic carbocycles. The second-order valence-electron chi connectivity index (χ2n) is 2.22. The zero-order valence-corrected chi connectivity index (χ0v) is 6.08. The molecule has 1 heterocycles. The Bertz CT molecular complexity index is 197. The van der Waals surface area contributed by atoms with Crippen LogP contribution in [0.5, 0.6) is 0 Å². The first kappa shape index (κ1) is 7.05. The molecule has 0 saturated heterocycles. The van der Waals surface area contributed by atoms with E-state index < -0.39 is 0 Å². The van der Waals surface area contributed by atoms with E-state index in [1.165, 1.54) is 0 Å². The van der Waals surface area contributed by atoms with Crippen LogP contribution in [-0.2, 0) is 6.54 Å². The lowest BCUT2D eigenvalue weighted by molar-refractivity contribution is -0.762. The molecule has 0 aliphatic heterocycles. The number of nitrogen functional groups attached to an aromatic ring is 1. The van der Waals surface area contributed by atoms with Gasteiger partial charge in [0, 0.05) is 6.42 Å². The highest BCUT2D eigenvalue weighted by atomic mass is 16.5. The third-order valence-electron chi connectivity index (χ3n) is 1.27. The Labute approximate surface area is 59.6 Å². The summed E-state index contributed by atoms with van der Waals surface area (Å²) >= 11 is 0. The Morgan fingerprint density at radius 1 is 1.80 bits per heavy atom. The maximum absolute atomic E-state index is 5.30. The minimum atomic E-state index is 0.371. The van der Waals surface area contributed by atoms with E-state index in [0.29, 0.717) is 5.88 Å². The van der Waals surface area contributed by atoms with Gasteiger partial charge in [0.05, 0.1) is 0 Å². The second-order valence-corrected chi connectivity index (χ2v) is 2.22. The minimum Gasteiger partial charge on any atom is -0.362 e. The van der Waals surface area contributed by atoms with Gasteiger partial charge in [-0.25, -0.2) is 0 Å². The molecule has 0 saturated carbocycles. The number of aromatic nitrogens is 2. The smallest absolute Gasteiger partial charge is 0.293 e. The molecule has 1 aromatic rings. The quantitative estimate of drug-likeness (QED) is 0.619. The SMILES string of the molecule is CCCC[n+]1cc(N)on1. The van der Waals surface area contributed by atoms with Gasteiger partial charge >= 0.3 is 0 Å². The van der Waals surface area contributed by atoms with Gasteiger partial charge in [-0.05, 0) is 0 Å². The molecular formula is C6H12N3O+. The van der Waals surface area contributed by atoms with Gasteiger partial charge in [-0.1, -0.05) is 18.0 Å². The first-order valence-electron chi connectivity index (χ1n) is 3.45. The predicted octanol–water partition coefficient (Wildman–Crippen LogP) is 0.344. The number of rotatable bonds is 3. The average Bonchev–Trinajstić information content (AvgIpc) is 2.31. The Hall–Kier alpha value is -1.06. The zero-order valence-electron chi connectivity index (χ0n) is 6.08. The van der Waals surface area contributed by atoms with Crippen LogP contribution in [-0.4, -0.2) is 5.27 Å². The highest BCUT2D eigenvalue weighted by molar-refractivity contribution is 5.11. The third kappa shape index (κ3) is 1.72. The van der Waals surface area contributed by atoms with Gasteiger partial charge in [0.2, 0.25) is 5.27 Å². The summed E-state index contributed by atoms with van der Waals surface area (Å²) in [5.74, 6) is 0.371. The standard InChI is InChI=1S/C6H12N3O/c1-2-3-4-9-5-6(7)10-8-9/h5H,2-4,7H2,1H3/q+1. The van der Waals surface area contributed by atoms with Gasteiger partial charge < -0.3 is 5.73 Å². The van der Waals surface area contributed by atoms with Crippen LogP contribution >= 0.6 is 0 Å². The van der Waals surface area contributed by atoms with Crippen molar-refractivity contribution < 1.29 is 9.20 Å². The summed E-state index contributed by atoms with van der Waals surface area (Å²) in [4.78, 5) is 0. The minimum absolute atomic E-state index is 0.371. The van der Waals surface area contributed by atoms with Crippen molar-refractivity contribution in [3.05, 3.63) is 6.20 Å². The fourth-order valence-corrected chi connectivity index (χ4v) is 0.719. The molecule has 1 rings (SSSR count). The number of nitrogens with two attached hydrogens (primary N) is 1. The monoisotopic (exact) mass is 142 g/mol. The van der Waals surface area contributed by atoms with Crippen LogP contribution < -0.4 is 10.4 Å². The lowest BCUT2D eigenvalue weighted by Crippen LogP contribution is -2.34. The molecule has 0 atom stereocenters. The lowest BCUT2D eigenvalue weighted by atomic mass is 10.3. The number of aryl methyl sites for hydroxylation is 1. The van der Waals surface area contributed by atoms with Gasteiger partial charge in [0.25, 0.3) is 12.1 Å². The second kappa shape index (κ2) is 3.20. The van der Waals surface area contributed by atoms with E-state index in [1.54, 1.807) is 10.9 Å². The van der Waals surface area contributed by atoms with E-state index in [2.05, 4.69) is 16.7 Å². The van der Waals surface area contributed by atoms with Crippen molar-refractivity contribution in [2.75, 3.05) is 5.73 Å². The van der Waals surface area contributed by atoms with Crippen molar-refractivity contribution in [1.82, 2.24) is 5.27 Å². The molecule has 0 bridgehead atoms. The summed E-state index contributed by atoms with van der Waals surface area (Å²) in [5.41, 5.74) is 5.30. The normalized spacial score (nSPS) is 10.1. The van der Waals surface area contributed by atoms with Gasteiger partial charge in [-0.15, -0.1) is 0 Å². The summed E-state index contributed by atoms with van der Waals surface area (Å²) in [6.07, 6.45) is 3.95. The van der Waals surface area contributed by atoms with Crippen molar-refractivity contribution in [2.45, 2.75) is 26.3 Å². The Kier molecular flexibility index (Phi) is 2.25. The molecular weight excluding hydrogens is 130 g/mol. The number of hydrogen-bond donors (Lipinski definition) is 1. The summed E-state index contributed by atoms with van der Waals surface area (Å²) in [5, 5.41) is 3.67. The summed E-state index contributed by atoms with van der Waals surface area (Å²) in [7, 11) is 0. The van der Waals surface area contributed by atoms with Gasteiger partial charge in [-0.2, -0.15) is 0 Å². The number of anilines is 1. The molecule has 0 radical (unpaired) electrons. The average molecular weight is 142 g/mol. The lowest BCUT2D eigenvalue weighted by Gasteiger charge is -1.82.